The average Bonchev–Trinajstić information content (AvgIpc) is 2.63. The minimum Gasteiger partial charge on any atom is -0.448 e. The van der Waals surface area contributed by atoms with Gasteiger partial charge in [0.25, 0.3) is 0 Å². The van der Waals surface area contributed by atoms with Gasteiger partial charge in [-0.2, -0.15) is 0 Å². The summed E-state index contributed by atoms with van der Waals surface area (Å²) in [6, 6.07) is 0. The van der Waals surface area contributed by atoms with Crippen LogP contribution in [0.15, 0.2) is 10.8 Å². The maximum absolute atomic E-state index is 5.30. The molecule has 0 bridgehead atoms. The molecule has 14 heavy (non-hydrogen) atoms. The molecule has 0 aromatic carbocycles. The number of methoxy groups -OCH3 is 1. The Morgan fingerprint density at radius 3 is 3.14 bits per heavy atom. The van der Waals surface area contributed by atoms with Gasteiger partial charge in [0.05, 0.1) is 5.69 Å². The Labute approximate surface area is 84.7 Å². The molecule has 4 nitrogen and oxygen atoms in total. The van der Waals surface area contributed by atoms with Crippen molar-refractivity contribution in [2.24, 2.45) is 0 Å². The van der Waals surface area contributed by atoms with E-state index in [1.165, 1.54) is 6.39 Å². The number of oxazole rings is 1. The average molecular weight is 198 g/mol. The molecule has 1 aromatic heterocycles. The highest BCUT2D eigenvalue weighted by Crippen LogP contribution is 2.09. The molecule has 4 heteroatoms. The number of rotatable bonds is 7. The first-order chi connectivity index (χ1) is 6.88. The number of nitrogens with one attached hydrogen (secondary N) is 1. The Balaban J connectivity index is 2.37. The highest BCUT2D eigenvalue weighted by molar-refractivity contribution is 5.06. The molecular formula is C10H18N2O2. The number of hydrogen-bond donors (Lipinski definition) is 1. The summed E-state index contributed by atoms with van der Waals surface area (Å²) in [5, 5.41) is 3.23. The van der Waals surface area contributed by atoms with Crippen LogP contribution in [0.3, 0.4) is 0 Å². The molecule has 1 N–H and O–H groups in total. The van der Waals surface area contributed by atoms with Crippen LogP contribution in [0.1, 0.15) is 24.8 Å². The quantitative estimate of drug-likeness (QED) is 0.672. The Morgan fingerprint density at radius 1 is 1.57 bits per heavy atom. The SMILES string of the molecule is CCNCc1ncoc1CCCOC. The van der Waals surface area contributed by atoms with Crippen LogP contribution in [0.2, 0.25) is 0 Å². The summed E-state index contributed by atoms with van der Waals surface area (Å²) in [6.45, 7) is 4.58. The third-order valence-electron chi connectivity index (χ3n) is 2.02. The number of aryl methyl sites for hydroxylation is 1. The predicted octanol–water partition coefficient (Wildman–Crippen LogP) is 1.36. The molecule has 0 aliphatic heterocycles. The lowest BCUT2D eigenvalue weighted by Crippen LogP contribution is -2.13. The van der Waals surface area contributed by atoms with Crippen molar-refractivity contribution in [2.75, 3.05) is 20.3 Å². The van der Waals surface area contributed by atoms with Gasteiger partial charge in [-0.15, -0.1) is 0 Å². The first-order valence-corrected chi connectivity index (χ1v) is 4.99. The van der Waals surface area contributed by atoms with E-state index in [0.717, 1.165) is 44.0 Å². The zero-order valence-corrected chi connectivity index (χ0v) is 8.88. The van der Waals surface area contributed by atoms with Crippen LogP contribution in [-0.4, -0.2) is 25.2 Å². The van der Waals surface area contributed by atoms with Crippen LogP contribution in [0, 0.1) is 0 Å². The highest BCUT2D eigenvalue weighted by Gasteiger charge is 2.06. The van der Waals surface area contributed by atoms with Gasteiger partial charge in [-0.3, -0.25) is 0 Å². The van der Waals surface area contributed by atoms with E-state index in [9.17, 15) is 0 Å². The van der Waals surface area contributed by atoms with Crippen LogP contribution in [-0.2, 0) is 17.7 Å². The molecule has 0 saturated carbocycles. The highest BCUT2D eigenvalue weighted by atomic mass is 16.5. The monoisotopic (exact) mass is 198 g/mol. The van der Waals surface area contributed by atoms with Crippen molar-refractivity contribution in [3.8, 4) is 0 Å². The van der Waals surface area contributed by atoms with E-state index < -0.39 is 0 Å². The van der Waals surface area contributed by atoms with Gasteiger partial charge in [0.2, 0.25) is 0 Å². The second-order valence-corrected chi connectivity index (χ2v) is 3.10. The molecule has 0 radical (unpaired) electrons. The minimum atomic E-state index is 0.765. The summed E-state index contributed by atoms with van der Waals surface area (Å²) >= 11 is 0. The Bertz CT molecular complexity index is 248. The number of ether oxygens (including phenoxy) is 1. The van der Waals surface area contributed by atoms with E-state index in [1.54, 1.807) is 7.11 Å². The molecule has 0 fully saturated rings. The van der Waals surface area contributed by atoms with Crippen molar-refractivity contribution in [3.05, 3.63) is 17.8 Å². The lowest BCUT2D eigenvalue weighted by molar-refractivity contribution is 0.193. The van der Waals surface area contributed by atoms with E-state index in [-0.39, 0.29) is 0 Å². The minimum absolute atomic E-state index is 0.765. The fourth-order valence-electron chi connectivity index (χ4n) is 1.26. The van der Waals surface area contributed by atoms with Crippen molar-refractivity contribution < 1.29 is 9.15 Å². The number of hydrogen-bond acceptors (Lipinski definition) is 4. The van der Waals surface area contributed by atoms with Crippen LogP contribution >= 0.6 is 0 Å². The van der Waals surface area contributed by atoms with Crippen LogP contribution < -0.4 is 5.32 Å². The van der Waals surface area contributed by atoms with E-state index >= 15 is 0 Å². The van der Waals surface area contributed by atoms with Gasteiger partial charge in [0.15, 0.2) is 6.39 Å². The zero-order chi connectivity index (χ0) is 10.2. The Hall–Kier alpha value is -0.870. The van der Waals surface area contributed by atoms with Gasteiger partial charge < -0.3 is 14.5 Å². The molecule has 1 rings (SSSR count). The lowest BCUT2D eigenvalue weighted by atomic mass is 10.2. The van der Waals surface area contributed by atoms with Crippen LogP contribution in [0.5, 0.6) is 0 Å². The summed E-state index contributed by atoms with van der Waals surface area (Å²) in [6.07, 6.45) is 3.38. The molecule has 0 atom stereocenters. The molecule has 0 saturated heterocycles. The van der Waals surface area contributed by atoms with E-state index in [2.05, 4.69) is 17.2 Å². The maximum atomic E-state index is 5.30. The molecule has 1 aromatic rings. The predicted molar refractivity (Wildman–Crippen MR) is 54.1 cm³/mol. The van der Waals surface area contributed by atoms with Gasteiger partial charge in [-0.25, -0.2) is 4.98 Å². The smallest absolute Gasteiger partial charge is 0.181 e. The summed E-state index contributed by atoms with van der Waals surface area (Å²) < 4.78 is 10.3. The molecule has 0 amide bonds. The number of nitrogens with zero attached hydrogens (tertiary/aromatic N) is 1. The van der Waals surface area contributed by atoms with E-state index in [4.69, 9.17) is 9.15 Å². The first-order valence-electron chi connectivity index (χ1n) is 4.99. The lowest BCUT2D eigenvalue weighted by Gasteiger charge is -2.01. The molecule has 0 aliphatic rings. The molecule has 0 aliphatic carbocycles. The third-order valence-corrected chi connectivity index (χ3v) is 2.02. The largest absolute Gasteiger partial charge is 0.448 e. The Morgan fingerprint density at radius 2 is 2.43 bits per heavy atom. The molecular weight excluding hydrogens is 180 g/mol. The molecule has 80 valence electrons. The summed E-state index contributed by atoms with van der Waals surface area (Å²) in [4.78, 5) is 4.16. The van der Waals surface area contributed by atoms with Crippen molar-refractivity contribution in [3.63, 3.8) is 0 Å². The number of aromatic nitrogens is 1. The zero-order valence-electron chi connectivity index (χ0n) is 8.88. The molecule has 1 heterocycles. The summed E-state index contributed by atoms with van der Waals surface area (Å²) in [5.74, 6) is 0.975. The first kappa shape index (κ1) is 11.2. The summed E-state index contributed by atoms with van der Waals surface area (Å²) in [7, 11) is 1.71. The van der Waals surface area contributed by atoms with Crippen LogP contribution in [0.4, 0.5) is 0 Å². The normalized spacial score (nSPS) is 10.7. The van der Waals surface area contributed by atoms with Gasteiger partial charge in [-0.1, -0.05) is 6.92 Å². The van der Waals surface area contributed by atoms with E-state index in [1.807, 2.05) is 0 Å². The van der Waals surface area contributed by atoms with Crippen molar-refractivity contribution in [1.29, 1.82) is 0 Å². The van der Waals surface area contributed by atoms with Gasteiger partial charge in [0, 0.05) is 26.7 Å². The van der Waals surface area contributed by atoms with Crippen molar-refractivity contribution in [2.45, 2.75) is 26.3 Å². The topological polar surface area (TPSA) is 47.3 Å². The van der Waals surface area contributed by atoms with E-state index in [0.29, 0.717) is 0 Å². The second-order valence-electron chi connectivity index (χ2n) is 3.10. The second kappa shape index (κ2) is 6.56. The van der Waals surface area contributed by atoms with Gasteiger partial charge in [-0.05, 0) is 13.0 Å². The third kappa shape index (κ3) is 3.47. The summed E-state index contributed by atoms with van der Waals surface area (Å²) in [5.41, 5.74) is 1.02. The van der Waals surface area contributed by atoms with Crippen molar-refractivity contribution in [1.82, 2.24) is 10.3 Å². The van der Waals surface area contributed by atoms with Crippen LogP contribution in [0.25, 0.3) is 0 Å². The van der Waals surface area contributed by atoms with Crippen molar-refractivity contribution >= 4 is 0 Å². The molecule has 0 unspecified atom stereocenters. The fraction of sp³-hybridized carbons (Fsp3) is 0.700. The fourth-order valence-corrected chi connectivity index (χ4v) is 1.26. The van der Waals surface area contributed by atoms with Gasteiger partial charge >= 0.3 is 0 Å². The molecule has 0 spiro atoms. The maximum Gasteiger partial charge on any atom is 0.181 e. The van der Waals surface area contributed by atoms with Gasteiger partial charge in [0.1, 0.15) is 5.76 Å². The Kier molecular flexibility index (Phi) is 5.25. The standard InChI is InChI=1S/C10H18N2O2/c1-3-11-7-9-10(14-8-12-9)5-4-6-13-2/h8,11H,3-7H2,1-2H3.